The molecule has 0 atom stereocenters. The van der Waals surface area contributed by atoms with Gasteiger partial charge >= 0.3 is 0 Å². The lowest BCUT2D eigenvalue weighted by molar-refractivity contribution is 0.627. The predicted molar refractivity (Wildman–Crippen MR) is 59.0 cm³/mol. The van der Waals surface area contributed by atoms with E-state index >= 15 is 0 Å². The molecular weight excluding hydrogens is 207 g/mol. The summed E-state index contributed by atoms with van der Waals surface area (Å²) in [4.78, 5) is 4.26. The van der Waals surface area contributed by atoms with Gasteiger partial charge in [-0.25, -0.2) is 14.1 Å². The molecule has 84 valence electrons. The number of nitrogens with two attached hydrogens (primary N) is 1. The van der Waals surface area contributed by atoms with Crippen molar-refractivity contribution in [1.82, 2.24) is 14.8 Å². The zero-order chi connectivity index (χ0) is 11.7. The van der Waals surface area contributed by atoms with E-state index in [1.807, 2.05) is 0 Å². The molecule has 1 heterocycles. The van der Waals surface area contributed by atoms with Crippen molar-refractivity contribution in [2.75, 3.05) is 0 Å². The highest BCUT2D eigenvalue weighted by Crippen LogP contribution is 2.22. The molecule has 0 saturated carbocycles. The molecule has 0 radical (unpaired) electrons. The highest BCUT2D eigenvalue weighted by atomic mass is 19.1. The van der Waals surface area contributed by atoms with Crippen molar-refractivity contribution in [3.05, 3.63) is 35.4 Å². The SMILES string of the molecule is Cc1nc(-c2cc(F)ccc2CN)n(C)n1. The van der Waals surface area contributed by atoms with E-state index < -0.39 is 0 Å². The summed E-state index contributed by atoms with van der Waals surface area (Å²) in [6.07, 6.45) is 0. The normalized spacial score (nSPS) is 10.8. The third-order valence-corrected chi connectivity index (χ3v) is 2.40. The first kappa shape index (κ1) is 10.8. The van der Waals surface area contributed by atoms with E-state index in [4.69, 9.17) is 5.73 Å². The van der Waals surface area contributed by atoms with Gasteiger partial charge in [-0.2, -0.15) is 5.10 Å². The van der Waals surface area contributed by atoms with E-state index in [0.717, 1.165) is 5.56 Å². The highest BCUT2D eigenvalue weighted by molar-refractivity contribution is 5.60. The van der Waals surface area contributed by atoms with Crippen LogP contribution >= 0.6 is 0 Å². The molecule has 0 aliphatic rings. The maximum absolute atomic E-state index is 13.2. The zero-order valence-electron chi connectivity index (χ0n) is 9.24. The van der Waals surface area contributed by atoms with Crippen LogP contribution in [0.25, 0.3) is 11.4 Å². The molecule has 2 aromatic rings. The molecule has 2 N–H and O–H groups in total. The van der Waals surface area contributed by atoms with Crippen LogP contribution in [0.5, 0.6) is 0 Å². The second-order valence-corrected chi connectivity index (χ2v) is 3.61. The maximum Gasteiger partial charge on any atom is 0.158 e. The number of benzene rings is 1. The Kier molecular flexibility index (Phi) is 2.70. The lowest BCUT2D eigenvalue weighted by Crippen LogP contribution is -2.03. The van der Waals surface area contributed by atoms with Gasteiger partial charge in [0.1, 0.15) is 11.6 Å². The third kappa shape index (κ3) is 1.81. The van der Waals surface area contributed by atoms with Crippen molar-refractivity contribution >= 4 is 0 Å². The molecule has 5 heteroatoms. The fraction of sp³-hybridized carbons (Fsp3) is 0.273. The Bertz CT molecular complexity index is 519. The fourth-order valence-electron chi connectivity index (χ4n) is 1.68. The Hall–Kier alpha value is -1.75. The highest BCUT2D eigenvalue weighted by Gasteiger charge is 2.11. The second-order valence-electron chi connectivity index (χ2n) is 3.61. The first-order valence-corrected chi connectivity index (χ1v) is 4.98. The number of hydrogen-bond donors (Lipinski definition) is 1. The van der Waals surface area contributed by atoms with Crippen LogP contribution in [0.2, 0.25) is 0 Å². The predicted octanol–water partition coefficient (Wildman–Crippen LogP) is 1.39. The van der Waals surface area contributed by atoms with E-state index in [1.54, 1.807) is 24.7 Å². The minimum absolute atomic E-state index is 0.298. The molecule has 0 bridgehead atoms. The van der Waals surface area contributed by atoms with Gasteiger partial charge in [0.2, 0.25) is 0 Å². The van der Waals surface area contributed by atoms with Crippen molar-refractivity contribution in [1.29, 1.82) is 0 Å². The first-order valence-electron chi connectivity index (χ1n) is 4.98. The van der Waals surface area contributed by atoms with Crippen molar-refractivity contribution in [2.45, 2.75) is 13.5 Å². The van der Waals surface area contributed by atoms with Crippen molar-refractivity contribution in [3.8, 4) is 11.4 Å². The van der Waals surface area contributed by atoms with Gasteiger partial charge in [0.25, 0.3) is 0 Å². The summed E-state index contributed by atoms with van der Waals surface area (Å²) in [5, 5.41) is 4.13. The van der Waals surface area contributed by atoms with Crippen LogP contribution in [0.3, 0.4) is 0 Å². The summed E-state index contributed by atoms with van der Waals surface area (Å²) in [7, 11) is 1.78. The molecule has 0 amide bonds. The number of aromatic nitrogens is 3. The van der Waals surface area contributed by atoms with Crippen LogP contribution in [-0.2, 0) is 13.6 Å². The minimum Gasteiger partial charge on any atom is -0.326 e. The summed E-state index contributed by atoms with van der Waals surface area (Å²) >= 11 is 0. The van der Waals surface area contributed by atoms with Crippen molar-refractivity contribution in [2.24, 2.45) is 12.8 Å². The van der Waals surface area contributed by atoms with Crippen LogP contribution in [-0.4, -0.2) is 14.8 Å². The van der Waals surface area contributed by atoms with Gasteiger partial charge in [0.05, 0.1) is 0 Å². The van der Waals surface area contributed by atoms with Crippen LogP contribution in [0, 0.1) is 12.7 Å². The summed E-state index contributed by atoms with van der Waals surface area (Å²) in [6, 6.07) is 4.51. The molecule has 4 nitrogen and oxygen atoms in total. The van der Waals surface area contributed by atoms with E-state index in [0.29, 0.717) is 23.8 Å². The Labute approximate surface area is 92.9 Å². The number of hydrogen-bond acceptors (Lipinski definition) is 3. The van der Waals surface area contributed by atoms with Crippen LogP contribution in [0.4, 0.5) is 4.39 Å². The molecule has 2 rings (SSSR count). The molecule has 0 unspecified atom stereocenters. The van der Waals surface area contributed by atoms with E-state index in [2.05, 4.69) is 10.1 Å². The topological polar surface area (TPSA) is 56.7 Å². The maximum atomic E-state index is 13.2. The van der Waals surface area contributed by atoms with E-state index in [1.165, 1.54) is 12.1 Å². The Balaban J connectivity index is 2.62. The quantitative estimate of drug-likeness (QED) is 0.832. The summed E-state index contributed by atoms with van der Waals surface area (Å²) < 4.78 is 14.8. The minimum atomic E-state index is -0.298. The second kappa shape index (κ2) is 4.02. The monoisotopic (exact) mass is 220 g/mol. The molecule has 0 fully saturated rings. The molecule has 0 aliphatic heterocycles. The standard InChI is InChI=1S/C11H13FN4/c1-7-14-11(16(2)15-7)10-5-9(12)4-3-8(10)6-13/h3-5H,6,13H2,1-2H3. The Morgan fingerprint density at radius 2 is 2.19 bits per heavy atom. The smallest absolute Gasteiger partial charge is 0.158 e. The molecular formula is C11H13FN4. The van der Waals surface area contributed by atoms with E-state index in [9.17, 15) is 4.39 Å². The van der Waals surface area contributed by atoms with Gasteiger partial charge in [-0.1, -0.05) is 6.07 Å². The van der Waals surface area contributed by atoms with Gasteiger partial charge in [-0.05, 0) is 24.6 Å². The Morgan fingerprint density at radius 3 is 2.75 bits per heavy atom. The van der Waals surface area contributed by atoms with E-state index in [-0.39, 0.29) is 5.82 Å². The summed E-state index contributed by atoms with van der Waals surface area (Å²) in [5.41, 5.74) is 7.17. The summed E-state index contributed by atoms with van der Waals surface area (Å²) in [5.74, 6) is 0.995. The first-order chi connectivity index (χ1) is 7.61. The fourth-order valence-corrected chi connectivity index (χ4v) is 1.68. The van der Waals surface area contributed by atoms with Gasteiger partial charge in [-0.3, -0.25) is 0 Å². The molecule has 0 spiro atoms. The number of halogens is 1. The van der Waals surface area contributed by atoms with Gasteiger partial charge in [0, 0.05) is 19.2 Å². The third-order valence-electron chi connectivity index (χ3n) is 2.40. The van der Waals surface area contributed by atoms with Crippen LogP contribution < -0.4 is 5.73 Å². The van der Waals surface area contributed by atoms with Gasteiger partial charge in [0.15, 0.2) is 5.82 Å². The lowest BCUT2D eigenvalue weighted by atomic mass is 10.1. The molecule has 1 aromatic heterocycles. The summed E-state index contributed by atoms with van der Waals surface area (Å²) in [6.45, 7) is 2.15. The number of aryl methyl sites for hydroxylation is 2. The van der Waals surface area contributed by atoms with Gasteiger partial charge in [-0.15, -0.1) is 0 Å². The number of nitrogens with zero attached hydrogens (tertiary/aromatic N) is 3. The largest absolute Gasteiger partial charge is 0.326 e. The lowest BCUT2D eigenvalue weighted by Gasteiger charge is -2.06. The molecule has 0 saturated heterocycles. The van der Waals surface area contributed by atoms with Gasteiger partial charge < -0.3 is 5.73 Å². The van der Waals surface area contributed by atoms with Crippen LogP contribution in [0.15, 0.2) is 18.2 Å². The van der Waals surface area contributed by atoms with Crippen molar-refractivity contribution in [3.63, 3.8) is 0 Å². The zero-order valence-corrected chi connectivity index (χ0v) is 9.24. The molecule has 0 aliphatic carbocycles. The molecule has 1 aromatic carbocycles. The average Bonchev–Trinajstić information content (AvgIpc) is 2.57. The van der Waals surface area contributed by atoms with Crippen LogP contribution in [0.1, 0.15) is 11.4 Å². The Morgan fingerprint density at radius 1 is 1.44 bits per heavy atom. The molecule has 16 heavy (non-hydrogen) atoms. The number of rotatable bonds is 2. The van der Waals surface area contributed by atoms with Crippen molar-refractivity contribution < 1.29 is 4.39 Å². The average molecular weight is 220 g/mol.